The van der Waals surface area contributed by atoms with Gasteiger partial charge in [0.05, 0.1) is 5.41 Å². The zero-order valence-electron chi connectivity index (χ0n) is 20.2. The maximum absolute atomic E-state index is 13.7. The van der Waals surface area contributed by atoms with E-state index in [0.29, 0.717) is 32.1 Å². The number of ether oxygens (including phenoxy) is 1. The van der Waals surface area contributed by atoms with Gasteiger partial charge in [0.25, 0.3) is 0 Å². The van der Waals surface area contributed by atoms with Gasteiger partial charge in [0, 0.05) is 31.3 Å². The number of halogens is 1. The molecule has 2 aliphatic heterocycles. The van der Waals surface area contributed by atoms with E-state index in [2.05, 4.69) is 35.4 Å². The first-order valence-electron chi connectivity index (χ1n) is 12.5. The molecule has 0 radical (unpaired) electrons. The predicted molar refractivity (Wildman–Crippen MR) is 132 cm³/mol. The van der Waals surface area contributed by atoms with Gasteiger partial charge >= 0.3 is 0 Å². The van der Waals surface area contributed by atoms with Crippen LogP contribution in [0.15, 0.2) is 24.3 Å². The van der Waals surface area contributed by atoms with E-state index < -0.39 is 11.5 Å². The molecular weight excluding hydrogens is 438 g/mol. The minimum Gasteiger partial charge on any atom is -0.381 e. The summed E-state index contributed by atoms with van der Waals surface area (Å²) in [4.78, 5) is 28.9. The molecule has 0 saturated carbocycles. The first kappa shape index (κ1) is 26.0. The Labute approximate surface area is 203 Å². The van der Waals surface area contributed by atoms with E-state index in [0.717, 1.165) is 68.7 Å². The second kappa shape index (κ2) is 12.7. The number of carbonyl (C=O) groups is 2. The molecule has 1 aromatic rings. The monoisotopic (exact) mass is 477 g/mol. The van der Waals surface area contributed by atoms with Crippen molar-refractivity contribution in [2.45, 2.75) is 71.4 Å². The van der Waals surface area contributed by atoms with E-state index in [4.69, 9.17) is 16.3 Å². The molecule has 1 spiro atoms. The summed E-state index contributed by atoms with van der Waals surface area (Å²) in [6.45, 7) is 8.59. The van der Waals surface area contributed by atoms with Crippen molar-refractivity contribution in [2.75, 3.05) is 32.8 Å². The molecule has 0 aromatic heterocycles. The highest BCUT2D eigenvalue weighted by molar-refractivity contribution is 6.31. The van der Waals surface area contributed by atoms with Crippen molar-refractivity contribution in [3.05, 3.63) is 34.9 Å². The molecule has 2 amide bonds. The standard InChI is InChI=1S/C26H40ClN3O3/c1-20(2)18-23-24(31)28-13-7-17-33-16-6-5-10-26(25(32)29-23)11-14-30(15-12-26)19-21-8-3-4-9-22(21)27/h3-4,8-9,20,23H,5-7,10-19H2,1-2H3,(H,28,31)(H,29,32)/t23-/m0/s1. The lowest BCUT2D eigenvalue weighted by Gasteiger charge is -2.41. The zero-order valence-corrected chi connectivity index (χ0v) is 21.0. The molecule has 0 unspecified atom stereocenters. The van der Waals surface area contributed by atoms with Crippen LogP contribution in [0.5, 0.6) is 0 Å². The van der Waals surface area contributed by atoms with Crippen molar-refractivity contribution in [1.29, 1.82) is 0 Å². The van der Waals surface area contributed by atoms with Crippen LogP contribution in [0.2, 0.25) is 5.02 Å². The minimum atomic E-state index is -0.487. The van der Waals surface area contributed by atoms with Crippen LogP contribution in [0.1, 0.15) is 64.4 Å². The summed E-state index contributed by atoms with van der Waals surface area (Å²) >= 11 is 6.37. The van der Waals surface area contributed by atoms with Crippen LogP contribution in [-0.2, 0) is 20.9 Å². The second-order valence-electron chi connectivity index (χ2n) is 10.0. The average Bonchev–Trinajstić information content (AvgIpc) is 2.79. The molecule has 33 heavy (non-hydrogen) atoms. The van der Waals surface area contributed by atoms with Crippen molar-refractivity contribution in [1.82, 2.24) is 15.5 Å². The lowest BCUT2D eigenvalue weighted by Crippen LogP contribution is -2.55. The molecule has 2 heterocycles. The smallest absolute Gasteiger partial charge is 0.242 e. The summed E-state index contributed by atoms with van der Waals surface area (Å²) in [6, 6.07) is 7.47. The molecule has 2 fully saturated rings. The third-order valence-electron chi connectivity index (χ3n) is 6.93. The van der Waals surface area contributed by atoms with Gasteiger partial charge < -0.3 is 15.4 Å². The molecule has 0 bridgehead atoms. The number of amides is 2. The Kier molecular flexibility index (Phi) is 10.0. The van der Waals surface area contributed by atoms with Crippen LogP contribution in [0.3, 0.4) is 0 Å². The summed E-state index contributed by atoms with van der Waals surface area (Å²) in [6.07, 6.45) is 5.76. The van der Waals surface area contributed by atoms with E-state index in [-0.39, 0.29) is 11.8 Å². The van der Waals surface area contributed by atoms with Crippen molar-refractivity contribution in [3.63, 3.8) is 0 Å². The Balaban J connectivity index is 1.70. The molecule has 184 valence electrons. The molecule has 7 heteroatoms. The zero-order chi connectivity index (χ0) is 23.7. The fourth-order valence-corrected chi connectivity index (χ4v) is 5.09. The number of hydrogen-bond donors (Lipinski definition) is 2. The van der Waals surface area contributed by atoms with Crippen LogP contribution < -0.4 is 10.6 Å². The molecule has 3 rings (SSSR count). The third kappa shape index (κ3) is 7.69. The van der Waals surface area contributed by atoms with Gasteiger partial charge in [0.1, 0.15) is 6.04 Å². The summed E-state index contributed by atoms with van der Waals surface area (Å²) in [5.74, 6) is 0.274. The van der Waals surface area contributed by atoms with Gasteiger partial charge in [-0.2, -0.15) is 0 Å². The van der Waals surface area contributed by atoms with E-state index in [1.165, 1.54) is 0 Å². The number of piperidine rings is 1. The molecule has 0 aliphatic carbocycles. The van der Waals surface area contributed by atoms with Gasteiger partial charge in [-0.1, -0.05) is 50.1 Å². The van der Waals surface area contributed by atoms with Crippen LogP contribution >= 0.6 is 11.6 Å². The van der Waals surface area contributed by atoms with Gasteiger partial charge in [0.2, 0.25) is 11.8 Å². The van der Waals surface area contributed by atoms with Crippen molar-refractivity contribution in [2.24, 2.45) is 11.3 Å². The summed E-state index contributed by atoms with van der Waals surface area (Å²) in [5.41, 5.74) is 0.688. The summed E-state index contributed by atoms with van der Waals surface area (Å²) < 4.78 is 5.73. The number of likely N-dealkylation sites (tertiary alicyclic amines) is 1. The lowest BCUT2D eigenvalue weighted by molar-refractivity contribution is -0.138. The average molecular weight is 478 g/mol. The van der Waals surface area contributed by atoms with Gasteiger partial charge in [-0.05, 0) is 69.2 Å². The van der Waals surface area contributed by atoms with E-state index >= 15 is 0 Å². The summed E-state index contributed by atoms with van der Waals surface area (Å²) in [5, 5.41) is 6.94. The Morgan fingerprint density at radius 3 is 2.55 bits per heavy atom. The summed E-state index contributed by atoms with van der Waals surface area (Å²) in [7, 11) is 0. The largest absolute Gasteiger partial charge is 0.381 e. The van der Waals surface area contributed by atoms with Gasteiger partial charge in [-0.25, -0.2) is 0 Å². The molecular formula is C26H40ClN3O3. The molecule has 6 nitrogen and oxygen atoms in total. The fourth-order valence-electron chi connectivity index (χ4n) is 4.89. The van der Waals surface area contributed by atoms with Crippen molar-refractivity contribution < 1.29 is 14.3 Å². The normalized spacial score (nSPS) is 23.7. The highest BCUT2D eigenvalue weighted by Gasteiger charge is 2.42. The maximum atomic E-state index is 13.7. The number of nitrogens with zero attached hydrogens (tertiary/aromatic N) is 1. The quantitative estimate of drug-likeness (QED) is 0.683. The molecule has 2 aliphatic rings. The van der Waals surface area contributed by atoms with Crippen molar-refractivity contribution >= 4 is 23.4 Å². The SMILES string of the molecule is CC(C)C[C@@H]1NC(=O)C2(CCCCOCCCNC1=O)CCN(Cc1ccccc1Cl)CC2. The number of nitrogens with one attached hydrogen (secondary N) is 2. The Hall–Kier alpha value is -1.63. The van der Waals surface area contributed by atoms with Crippen LogP contribution in [0.4, 0.5) is 0 Å². The third-order valence-corrected chi connectivity index (χ3v) is 7.30. The molecule has 1 aromatic carbocycles. The van der Waals surface area contributed by atoms with Gasteiger partial charge in [-0.15, -0.1) is 0 Å². The van der Waals surface area contributed by atoms with Gasteiger partial charge in [-0.3, -0.25) is 14.5 Å². The number of hydrogen-bond acceptors (Lipinski definition) is 4. The van der Waals surface area contributed by atoms with Crippen molar-refractivity contribution in [3.8, 4) is 0 Å². The Morgan fingerprint density at radius 2 is 1.82 bits per heavy atom. The Bertz CT molecular complexity index is 778. The molecule has 1 atom stereocenters. The predicted octanol–water partition coefficient (Wildman–Crippen LogP) is 4.16. The topological polar surface area (TPSA) is 70.7 Å². The minimum absolute atomic E-state index is 0.0404. The first-order valence-corrected chi connectivity index (χ1v) is 12.9. The molecule has 2 N–H and O–H groups in total. The fraction of sp³-hybridized carbons (Fsp3) is 0.692. The molecule has 2 saturated heterocycles. The van der Waals surface area contributed by atoms with Gasteiger partial charge in [0.15, 0.2) is 0 Å². The van der Waals surface area contributed by atoms with Crippen LogP contribution in [0.25, 0.3) is 0 Å². The van der Waals surface area contributed by atoms with E-state index in [1.807, 2.05) is 18.2 Å². The van der Waals surface area contributed by atoms with Crippen LogP contribution in [0, 0.1) is 11.3 Å². The number of benzene rings is 1. The maximum Gasteiger partial charge on any atom is 0.242 e. The number of carbonyl (C=O) groups excluding carboxylic acids is 2. The second-order valence-corrected chi connectivity index (χ2v) is 10.4. The van der Waals surface area contributed by atoms with Crippen LogP contribution in [-0.4, -0.2) is 55.6 Å². The number of rotatable bonds is 4. The van der Waals surface area contributed by atoms with E-state index in [9.17, 15) is 9.59 Å². The van der Waals surface area contributed by atoms with E-state index in [1.54, 1.807) is 0 Å². The highest BCUT2D eigenvalue weighted by Crippen LogP contribution is 2.38. The first-order chi connectivity index (χ1) is 15.9. The lowest BCUT2D eigenvalue weighted by atomic mass is 9.73. The highest BCUT2D eigenvalue weighted by atomic mass is 35.5. The Morgan fingerprint density at radius 1 is 1.09 bits per heavy atom.